The van der Waals surface area contributed by atoms with Crippen LogP contribution in [0.15, 0.2) is 60.7 Å². The Morgan fingerprint density at radius 1 is 0.692 bits per heavy atom. The molecule has 0 nitrogen and oxygen atoms in total. The maximum absolute atomic E-state index is 2.55. The summed E-state index contributed by atoms with van der Waals surface area (Å²) in [5.41, 5.74) is 7.40. The fraction of sp³-hybridized carbons (Fsp3) is 0.333. The first-order valence-electron chi connectivity index (χ1n) is 9.84. The van der Waals surface area contributed by atoms with Crippen molar-refractivity contribution in [3.8, 4) is 0 Å². The van der Waals surface area contributed by atoms with Crippen molar-refractivity contribution in [1.82, 2.24) is 0 Å². The zero-order valence-electron chi connectivity index (χ0n) is 15.4. The van der Waals surface area contributed by atoms with Gasteiger partial charge in [-0.05, 0) is 33.3 Å². The standard InChI is InChI=1S/C24H28Si.Na.H/c1-3-17-25(18-4-2,23-15-13-19-9-5-7-11-21(19)23)24-16-14-20-10-6-8-12-22(20)24;;/h5-16,23-24H,3-4,17-18H2,1-2H3;;. The molecule has 4 rings (SSSR count). The van der Waals surface area contributed by atoms with Crippen LogP contribution < -0.4 is 0 Å². The molecular weight excluding hydrogens is 339 g/mol. The summed E-state index contributed by atoms with van der Waals surface area (Å²) < 4.78 is 0. The second kappa shape index (κ2) is 8.44. The van der Waals surface area contributed by atoms with Crippen molar-refractivity contribution in [3.63, 3.8) is 0 Å². The van der Waals surface area contributed by atoms with Gasteiger partial charge in [0.05, 0.1) is 8.07 Å². The molecule has 2 unspecified atom stereocenters. The Kier molecular flexibility index (Phi) is 6.45. The first kappa shape index (κ1) is 19.9. The molecule has 2 aliphatic rings. The minimum absolute atomic E-state index is 0. The molecule has 0 amide bonds. The molecule has 0 aliphatic heterocycles. The Morgan fingerprint density at radius 2 is 1.12 bits per heavy atom. The van der Waals surface area contributed by atoms with Crippen molar-refractivity contribution < 1.29 is 0 Å². The van der Waals surface area contributed by atoms with Crippen LogP contribution in [0, 0.1) is 0 Å². The van der Waals surface area contributed by atoms with Crippen molar-refractivity contribution in [2.24, 2.45) is 0 Å². The summed E-state index contributed by atoms with van der Waals surface area (Å²) in [5.74, 6) is 0. The van der Waals surface area contributed by atoms with Crippen molar-refractivity contribution >= 4 is 49.8 Å². The summed E-state index contributed by atoms with van der Waals surface area (Å²) in [6.07, 6.45) is 12.5. The summed E-state index contributed by atoms with van der Waals surface area (Å²) in [5, 5.41) is 0. The van der Waals surface area contributed by atoms with E-state index in [1.807, 2.05) is 0 Å². The quantitative estimate of drug-likeness (QED) is 0.524. The molecule has 0 N–H and O–H groups in total. The molecule has 0 saturated heterocycles. The third-order valence-electron chi connectivity index (χ3n) is 6.27. The molecule has 2 aliphatic carbocycles. The van der Waals surface area contributed by atoms with Gasteiger partial charge in [-0.2, -0.15) is 0 Å². The normalized spacial score (nSPS) is 19.9. The van der Waals surface area contributed by atoms with E-state index in [4.69, 9.17) is 0 Å². The number of benzene rings is 2. The number of fused-ring (bicyclic) bond motifs is 2. The first-order valence-corrected chi connectivity index (χ1v) is 12.4. The van der Waals surface area contributed by atoms with Crippen LogP contribution in [0.25, 0.3) is 12.2 Å². The minimum atomic E-state index is -1.61. The molecular formula is C24H29NaSi. The molecule has 2 aromatic carbocycles. The molecule has 0 saturated carbocycles. The molecule has 0 aromatic heterocycles. The fourth-order valence-electron chi connectivity index (χ4n) is 5.37. The Labute approximate surface area is 181 Å². The van der Waals surface area contributed by atoms with E-state index in [1.165, 1.54) is 36.1 Å². The molecule has 2 heteroatoms. The van der Waals surface area contributed by atoms with Gasteiger partial charge in [0.2, 0.25) is 0 Å². The SMILES string of the molecule is CCC[Si](CCC)(C1C=Cc2ccccc21)C1C=Cc2ccccc21.[NaH]. The predicted molar refractivity (Wildman–Crippen MR) is 120 cm³/mol. The zero-order valence-corrected chi connectivity index (χ0v) is 16.4. The monoisotopic (exact) mass is 368 g/mol. The van der Waals surface area contributed by atoms with Crippen LogP contribution in [0.5, 0.6) is 0 Å². The van der Waals surface area contributed by atoms with E-state index in [0.717, 1.165) is 0 Å². The Morgan fingerprint density at radius 3 is 1.54 bits per heavy atom. The van der Waals surface area contributed by atoms with Crippen LogP contribution in [-0.2, 0) is 0 Å². The average Bonchev–Trinajstić information content (AvgIpc) is 3.26. The zero-order chi connectivity index (χ0) is 17.3. The van der Waals surface area contributed by atoms with E-state index in [-0.39, 0.29) is 29.6 Å². The van der Waals surface area contributed by atoms with Gasteiger partial charge in [-0.25, -0.2) is 0 Å². The molecule has 0 heterocycles. The van der Waals surface area contributed by atoms with Crippen LogP contribution in [0.3, 0.4) is 0 Å². The van der Waals surface area contributed by atoms with Gasteiger partial charge in [0, 0.05) is 0 Å². The third kappa shape index (κ3) is 3.24. The van der Waals surface area contributed by atoms with Gasteiger partial charge in [0.15, 0.2) is 0 Å². The Bertz CT molecular complexity index is 751. The van der Waals surface area contributed by atoms with Crippen molar-refractivity contribution in [3.05, 3.63) is 82.9 Å². The number of rotatable bonds is 6. The van der Waals surface area contributed by atoms with Crippen LogP contribution >= 0.6 is 0 Å². The van der Waals surface area contributed by atoms with Gasteiger partial charge in [-0.15, -0.1) is 0 Å². The topological polar surface area (TPSA) is 0 Å². The summed E-state index contributed by atoms with van der Waals surface area (Å²) in [7, 11) is -1.61. The van der Waals surface area contributed by atoms with Crippen molar-refractivity contribution in [2.75, 3.05) is 0 Å². The van der Waals surface area contributed by atoms with E-state index < -0.39 is 8.07 Å². The fourth-order valence-corrected chi connectivity index (χ4v) is 11.8. The second-order valence-corrected chi connectivity index (χ2v) is 12.4. The van der Waals surface area contributed by atoms with E-state index in [1.54, 1.807) is 11.1 Å². The summed E-state index contributed by atoms with van der Waals surface area (Å²) in [4.78, 5) is 0. The van der Waals surface area contributed by atoms with Crippen LogP contribution in [0.2, 0.25) is 12.1 Å². The summed E-state index contributed by atoms with van der Waals surface area (Å²) in [6.45, 7) is 4.76. The van der Waals surface area contributed by atoms with Gasteiger partial charge in [0.25, 0.3) is 0 Å². The third-order valence-corrected chi connectivity index (χ3v) is 12.6. The second-order valence-electron chi connectivity index (χ2n) is 7.66. The molecule has 0 radical (unpaired) electrons. The first-order chi connectivity index (χ1) is 12.3. The van der Waals surface area contributed by atoms with Crippen LogP contribution in [0.1, 0.15) is 60.0 Å². The van der Waals surface area contributed by atoms with Crippen molar-refractivity contribution in [1.29, 1.82) is 0 Å². The molecule has 0 fully saturated rings. The van der Waals surface area contributed by atoms with Crippen LogP contribution in [0.4, 0.5) is 0 Å². The summed E-state index contributed by atoms with van der Waals surface area (Å²) >= 11 is 0. The molecule has 2 aromatic rings. The molecule has 130 valence electrons. The van der Waals surface area contributed by atoms with Gasteiger partial charge in [-0.1, -0.05) is 112 Å². The summed E-state index contributed by atoms with van der Waals surface area (Å²) in [6, 6.07) is 21.0. The number of hydrogen-bond donors (Lipinski definition) is 0. The molecule has 26 heavy (non-hydrogen) atoms. The number of hydrogen-bond acceptors (Lipinski definition) is 0. The maximum atomic E-state index is 2.55. The number of allylic oxidation sites excluding steroid dienone is 2. The average molecular weight is 369 g/mol. The molecule has 2 atom stereocenters. The van der Waals surface area contributed by atoms with E-state index in [0.29, 0.717) is 11.1 Å². The van der Waals surface area contributed by atoms with Gasteiger partial charge < -0.3 is 0 Å². The van der Waals surface area contributed by atoms with Gasteiger partial charge in [-0.3, -0.25) is 0 Å². The van der Waals surface area contributed by atoms with E-state index >= 15 is 0 Å². The van der Waals surface area contributed by atoms with E-state index in [2.05, 4.69) is 86.7 Å². The molecule has 0 bridgehead atoms. The van der Waals surface area contributed by atoms with Gasteiger partial charge >= 0.3 is 29.6 Å². The predicted octanol–water partition coefficient (Wildman–Crippen LogP) is 6.31. The Hall–Kier alpha value is -0.863. The molecule has 0 spiro atoms. The van der Waals surface area contributed by atoms with Crippen molar-refractivity contribution in [2.45, 2.75) is 49.9 Å². The van der Waals surface area contributed by atoms with Gasteiger partial charge in [0.1, 0.15) is 0 Å². The van der Waals surface area contributed by atoms with E-state index in [9.17, 15) is 0 Å². The van der Waals surface area contributed by atoms with Crippen LogP contribution in [-0.4, -0.2) is 37.6 Å². The Balaban J connectivity index is 0.00000196.